The Hall–Kier alpha value is -2.60. The van der Waals surface area contributed by atoms with Crippen LogP contribution < -0.4 is 16.8 Å². The molecule has 2 aromatic heterocycles. The van der Waals surface area contributed by atoms with Gasteiger partial charge < -0.3 is 16.8 Å². The lowest BCUT2D eigenvalue weighted by Crippen LogP contribution is -2.26. The Morgan fingerprint density at radius 1 is 1.12 bits per heavy atom. The maximum atomic E-state index is 6.39. The van der Waals surface area contributed by atoms with Gasteiger partial charge in [0.1, 0.15) is 5.82 Å². The Labute approximate surface area is 153 Å². The largest absolute Gasteiger partial charge is 0.382 e. The summed E-state index contributed by atoms with van der Waals surface area (Å²) in [5, 5.41) is 8.11. The van der Waals surface area contributed by atoms with Gasteiger partial charge in [-0.3, -0.25) is 0 Å². The monoisotopic (exact) mass is 350 g/mol. The molecule has 0 saturated heterocycles. The van der Waals surface area contributed by atoms with E-state index >= 15 is 0 Å². The highest BCUT2D eigenvalue weighted by atomic mass is 15.3. The smallest absolute Gasteiger partial charge is 0.177 e. The molecule has 0 bridgehead atoms. The number of nitrogens with one attached hydrogen (secondary N) is 1. The molecule has 26 heavy (non-hydrogen) atoms. The van der Waals surface area contributed by atoms with E-state index in [2.05, 4.69) is 47.4 Å². The molecule has 0 amide bonds. The first-order valence-corrected chi connectivity index (χ1v) is 9.25. The van der Waals surface area contributed by atoms with Gasteiger partial charge in [-0.25, -0.2) is 9.50 Å². The molecule has 1 aliphatic rings. The van der Waals surface area contributed by atoms with E-state index in [9.17, 15) is 0 Å². The predicted molar refractivity (Wildman–Crippen MR) is 106 cm³/mol. The average molecular weight is 350 g/mol. The van der Waals surface area contributed by atoms with E-state index in [4.69, 9.17) is 11.5 Å². The zero-order valence-electron chi connectivity index (χ0n) is 15.4. The molecule has 1 saturated carbocycles. The SMILES string of the molecule is Cc1ccc(Nc2c(C3CCC(N)CC3)c(N)nn3ccnc23)cc1C. The summed E-state index contributed by atoms with van der Waals surface area (Å²) in [5.41, 5.74) is 18.9. The van der Waals surface area contributed by atoms with Crippen LogP contribution in [0, 0.1) is 13.8 Å². The van der Waals surface area contributed by atoms with Crippen LogP contribution in [-0.4, -0.2) is 20.6 Å². The van der Waals surface area contributed by atoms with Gasteiger partial charge in [0.05, 0.1) is 5.69 Å². The first kappa shape index (κ1) is 16.8. The number of nitrogen functional groups attached to an aromatic ring is 1. The molecule has 3 aromatic rings. The van der Waals surface area contributed by atoms with Gasteiger partial charge in [0.25, 0.3) is 0 Å². The molecular formula is C20H26N6. The molecule has 0 atom stereocenters. The number of aryl methyl sites for hydroxylation is 2. The standard InChI is InChI=1S/C20H26N6/c1-12-3-8-16(11-13(12)2)24-18-17(14-4-6-15(21)7-5-14)19(22)25-26-10-9-23-20(18)26/h3,8-11,14-15,24H,4-7,21H2,1-2H3,(H2,22,25). The fourth-order valence-corrected chi connectivity index (χ4v) is 3.88. The van der Waals surface area contributed by atoms with Crippen LogP contribution in [0.5, 0.6) is 0 Å². The summed E-state index contributed by atoms with van der Waals surface area (Å²) in [6.07, 6.45) is 7.70. The minimum atomic E-state index is 0.298. The van der Waals surface area contributed by atoms with Gasteiger partial charge in [-0.2, -0.15) is 0 Å². The van der Waals surface area contributed by atoms with Crippen molar-refractivity contribution >= 4 is 22.8 Å². The molecule has 1 aliphatic carbocycles. The van der Waals surface area contributed by atoms with E-state index in [0.717, 1.165) is 48.3 Å². The van der Waals surface area contributed by atoms with E-state index in [1.807, 2.05) is 6.20 Å². The van der Waals surface area contributed by atoms with Gasteiger partial charge in [0, 0.05) is 29.7 Å². The molecule has 0 spiro atoms. The number of hydrogen-bond donors (Lipinski definition) is 3. The van der Waals surface area contributed by atoms with E-state index < -0.39 is 0 Å². The van der Waals surface area contributed by atoms with Crippen LogP contribution in [0.1, 0.15) is 48.3 Å². The molecule has 0 radical (unpaired) electrons. The molecule has 6 heteroatoms. The van der Waals surface area contributed by atoms with Crippen LogP contribution in [0.25, 0.3) is 5.65 Å². The van der Waals surface area contributed by atoms with Crippen molar-refractivity contribution in [1.82, 2.24) is 14.6 Å². The summed E-state index contributed by atoms with van der Waals surface area (Å²) in [5.74, 6) is 0.931. The summed E-state index contributed by atoms with van der Waals surface area (Å²) in [4.78, 5) is 4.52. The summed E-state index contributed by atoms with van der Waals surface area (Å²) < 4.78 is 1.75. The fraction of sp³-hybridized carbons (Fsp3) is 0.400. The topological polar surface area (TPSA) is 94.3 Å². The number of nitrogens with zero attached hydrogens (tertiary/aromatic N) is 3. The van der Waals surface area contributed by atoms with Gasteiger partial charge in [0.15, 0.2) is 5.65 Å². The van der Waals surface area contributed by atoms with Crippen molar-refractivity contribution in [2.75, 3.05) is 11.1 Å². The predicted octanol–water partition coefficient (Wildman–Crippen LogP) is 3.66. The van der Waals surface area contributed by atoms with E-state index in [-0.39, 0.29) is 0 Å². The van der Waals surface area contributed by atoms with Crippen LogP contribution in [0.4, 0.5) is 17.2 Å². The minimum Gasteiger partial charge on any atom is -0.382 e. The van der Waals surface area contributed by atoms with Crippen LogP contribution in [0.2, 0.25) is 0 Å². The second kappa shape index (κ2) is 6.61. The summed E-state index contributed by atoms with van der Waals surface area (Å²) in [6, 6.07) is 6.68. The van der Waals surface area contributed by atoms with Crippen LogP contribution in [-0.2, 0) is 0 Å². The third-order valence-corrected chi connectivity index (χ3v) is 5.56. The Kier molecular flexibility index (Phi) is 4.28. The third-order valence-electron chi connectivity index (χ3n) is 5.56. The first-order valence-electron chi connectivity index (χ1n) is 9.25. The minimum absolute atomic E-state index is 0.298. The second-order valence-electron chi connectivity index (χ2n) is 7.41. The zero-order valence-corrected chi connectivity index (χ0v) is 15.4. The molecule has 4 rings (SSSR count). The van der Waals surface area contributed by atoms with Gasteiger partial charge in [-0.1, -0.05) is 6.07 Å². The van der Waals surface area contributed by atoms with Gasteiger partial charge in [0.2, 0.25) is 0 Å². The quantitative estimate of drug-likeness (QED) is 0.670. The lowest BCUT2D eigenvalue weighted by atomic mass is 9.81. The molecule has 1 fully saturated rings. The Balaban J connectivity index is 1.81. The molecule has 5 N–H and O–H groups in total. The van der Waals surface area contributed by atoms with Gasteiger partial charge in [-0.05, 0) is 68.7 Å². The molecular weight excluding hydrogens is 324 g/mol. The number of hydrogen-bond acceptors (Lipinski definition) is 5. The summed E-state index contributed by atoms with van der Waals surface area (Å²) in [6.45, 7) is 4.24. The highest BCUT2D eigenvalue weighted by molar-refractivity contribution is 5.81. The highest BCUT2D eigenvalue weighted by Gasteiger charge is 2.27. The number of imidazole rings is 1. The highest BCUT2D eigenvalue weighted by Crippen LogP contribution is 2.41. The maximum Gasteiger partial charge on any atom is 0.177 e. The van der Waals surface area contributed by atoms with Crippen molar-refractivity contribution < 1.29 is 0 Å². The molecule has 0 unspecified atom stereocenters. The zero-order chi connectivity index (χ0) is 18.3. The van der Waals surface area contributed by atoms with Crippen molar-refractivity contribution in [3.63, 3.8) is 0 Å². The normalized spacial score (nSPS) is 20.4. The lowest BCUT2D eigenvalue weighted by Gasteiger charge is -2.28. The van der Waals surface area contributed by atoms with Crippen molar-refractivity contribution in [1.29, 1.82) is 0 Å². The number of aromatic nitrogens is 3. The lowest BCUT2D eigenvalue weighted by molar-refractivity contribution is 0.396. The number of fused-ring (bicyclic) bond motifs is 1. The van der Waals surface area contributed by atoms with E-state index in [0.29, 0.717) is 17.8 Å². The number of nitrogens with two attached hydrogens (primary N) is 2. The number of rotatable bonds is 3. The molecule has 1 aromatic carbocycles. The van der Waals surface area contributed by atoms with Crippen molar-refractivity contribution in [2.45, 2.75) is 51.5 Å². The summed E-state index contributed by atoms with van der Waals surface area (Å²) in [7, 11) is 0. The third kappa shape index (κ3) is 3.01. The number of benzene rings is 1. The van der Waals surface area contributed by atoms with E-state index in [1.165, 1.54) is 11.1 Å². The van der Waals surface area contributed by atoms with Crippen molar-refractivity contribution in [2.24, 2.45) is 5.73 Å². The first-order chi connectivity index (χ1) is 12.5. The summed E-state index contributed by atoms with van der Waals surface area (Å²) >= 11 is 0. The molecule has 0 aliphatic heterocycles. The Morgan fingerprint density at radius 3 is 2.62 bits per heavy atom. The Bertz CT molecular complexity index is 937. The average Bonchev–Trinajstić information content (AvgIpc) is 3.07. The van der Waals surface area contributed by atoms with E-state index in [1.54, 1.807) is 10.7 Å². The molecule has 136 valence electrons. The van der Waals surface area contributed by atoms with Crippen molar-refractivity contribution in [3.05, 3.63) is 47.3 Å². The Morgan fingerprint density at radius 2 is 1.88 bits per heavy atom. The second-order valence-corrected chi connectivity index (χ2v) is 7.41. The molecule has 6 nitrogen and oxygen atoms in total. The fourth-order valence-electron chi connectivity index (χ4n) is 3.88. The van der Waals surface area contributed by atoms with Crippen molar-refractivity contribution in [3.8, 4) is 0 Å². The van der Waals surface area contributed by atoms with Crippen LogP contribution in [0.15, 0.2) is 30.6 Å². The molecule has 2 heterocycles. The van der Waals surface area contributed by atoms with Gasteiger partial charge in [-0.15, -0.1) is 5.10 Å². The number of anilines is 3. The maximum absolute atomic E-state index is 6.39. The van der Waals surface area contributed by atoms with Gasteiger partial charge >= 0.3 is 0 Å². The van der Waals surface area contributed by atoms with Crippen LogP contribution in [0.3, 0.4) is 0 Å². The van der Waals surface area contributed by atoms with Crippen LogP contribution >= 0.6 is 0 Å².